The van der Waals surface area contributed by atoms with E-state index < -0.39 is 5.82 Å². The van der Waals surface area contributed by atoms with Gasteiger partial charge in [0.2, 0.25) is 11.9 Å². The van der Waals surface area contributed by atoms with Crippen molar-refractivity contribution in [2.75, 3.05) is 30.1 Å². The van der Waals surface area contributed by atoms with Gasteiger partial charge in [0, 0.05) is 11.9 Å². The molecule has 0 atom stereocenters. The molecule has 0 saturated heterocycles. The van der Waals surface area contributed by atoms with E-state index in [4.69, 9.17) is 0 Å². The standard InChI is InChI=1S/C14H15FN4OS/c1-19(14-16-7-10(15)8-17-14)9-13(20)18-11-5-3-4-6-12(11)21-2/h3-8H,9H2,1-2H3,(H,18,20). The minimum atomic E-state index is -0.509. The molecule has 1 aromatic heterocycles. The molecule has 0 aliphatic rings. The Balaban J connectivity index is 1.99. The summed E-state index contributed by atoms with van der Waals surface area (Å²) in [5.74, 6) is -0.401. The normalized spacial score (nSPS) is 10.2. The van der Waals surface area contributed by atoms with E-state index in [0.29, 0.717) is 5.95 Å². The van der Waals surface area contributed by atoms with Crippen molar-refractivity contribution in [2.24, 2.45) is 0 Å². The second kappa shape index (κ2) is 7.03. The highest BCUT2D eigenvalue weighted by molar-refractivity contribution is 7.98. The zero-order valence-corrected chi connectivity index (χ0v) is 12.5. The summed E-state index contributed by atoms with van der Waals surface area (Å²) in [5.41, 5.74) is 0.767. The van der Waals surface area contributed by atoms with Gasteiger partial charge in [-0.1, -0.05) is 12.1 Å². The van der Waals surface area contributed by atoms with Gasteiger partial charge >= 0.3 is 0 Å². The minimum absolute atomic E-state index is 0.0777. The first-order valence-electron chi connectivity index (χ1n) is 6.21. The van der Waals surface area contributed by atoms with Crippen LogP contribution < -0.4 is 10.2 Å². The van der Waals surface area contributed by atoms with Gasteiger partial charge < -0.3 is 10.2 Å². The summed E-state index contributed by atoms with van der Waals surface area (Å²) in [6, 6.07) is 7.56. The molecule has 0 aliphatic carbocycles. The summed E-state index contributed by atoms with van der Waals surface area (Å²) in [7, 11) is 1.67. The molecule has 1 amide bonds. The number of aromatic nitrogens is 2. The van der Waals surface area contributed by atoms with Gasteiger partial charge in [-0.3, -0.25) is 4.79 Å². The Morgan fingerprint density at radius 1 is 1.33 bits per heavy atom. The number of anilines is 2. The van der Waals surface area contributed by atoms with Crippen LogP contribution in [0.2, 0.25) is 0 Å². The Morgan fingerprint density at radius 3 is 2.67 bits per heavy atom. The highest BCUT2D eigenvalue weighted by Crippen LogP contribution is 2.24. The largest absolute Gasteiger partial charge is 0.335 e. The lowest BCUT2D eigenvalue weighted by Crippen LogP contribution is -2.31. The Bertz CT molecular complexity index is 621. The maximum Gasteiger partial charge on any atom is 0.244 e. The van der Waals surface area contributed by atoms with Crippen molar-refractivity contribution in [3.05, 3.63) is 42.5 Å². The van der Waals surface area contributed by atoms with Gasteiger partial charge in [-0.05, 0) is 18.4 Å². The van der Waals surface area contributed by atoms with Gasteiger partial charge in [-0.2, -0.15) is 0 Å². The minimum Gasteiger partial charge on any atom is -0.335 e. The quantitative estimate of drug-likeness (QED) is 0.860. The summed E-state index contributed by atoms with van der Waals surface area (Å²) in [6.07, 6.45) is 4.09. The van der Waals surface area contributed by atoms with Crippen molar-refractivity contribution in [2.45, 2.75) is 4.90 Å². The van der Waals surface area contributed by atoms with Crippen LogP contribution in [0.3, 0.4) is 0 Å². The number of carbonyl (C=O) groups is 1. The third-order valence-electron chi connectivity index (χ3n) is 2.71. The first kappa shape index (κ1) is 15.2. The number of thioether (sulfide) groups is 1. The summed E-state index contributed by atoms with van der Waals surface area (Å²) < 4.78 is 12.8. The van der Waals surface area contributed by atoms with E-state index in [9.17, 15) is 9.18 Å². The predicted octanol–water partition coefficient (Wildman–Crippen LogP) is 2.41. The maximum absolute atomic E-state index is 12.8. The van der Waals surface area contributed by atoms with Crippen molar-refractivity contribution >= 4 is 29.3 Å². The molecule has 1 N–H and O–H groups in total. The van der Waals surface area contributed by atoms with Crippen molar-refractivity contribution in [1.82, 2.24) is 9.97 Å². The van der Waals surface area contributed by atoms with E-state index in [2.05, 4.69) is 15.3 Å². The number of hydrogen-bond acceptors (Lipinski definition) is 5. The number of nitrogens with zero attached hydrogens (tertiary/aromatic N) is 3. The van der Waals surface area contributed by atoms with Crippen LogP contribution in [0.1, 0.15) is 0 Å². The lowest BCUT2D eigenvalue weighted by Gasteiger charge is -2.16. The van der Waals surface area contributed by atoms with Crippen LogP contribution in [-0.2, 0) is 4.79 Å². The van der Waals surface area contributed by atoms with Crippen LogP contribution in [-0.4, -0.2) is 35.7 Å². The van der Waals surface area contributed by atoms with Gasteiger partial charge in [0.25, 0.3) is 0 Å². The lowest BCUT2D eigenvalue weighted by atomic mass is 10.3. The number of rotatable bonds is 5. The highest BCUT2D eigenvalue weighted by atomic mass is 32.2. The van der Waals surface area contributed by atoms with E-state index in [1.54, 1.807) is 23.7 Å². The van der Waals surface area contributed by atoms with Crippen molar-refractivity contribution in [3.63, 3.8) is 0 Å². The average molecular weight is 306 g/mol. The number of benzene rings is 1. The number of hydrogen-bond donors (Lipinski definition) is 1. The smallest absolute Gasteiger partial charge is 0.244 e. The fourth-order valence-electron chi connectivity index (χ4n) is 1.73. The second-order valence-electron chi connectivity index (χ2n) is 4.31. The first-order chi connectivity index (χ1) is 10.1. The SMILES string of the molecule is CSc1ccccc1NC(=O)CN(C)c1ncc(F)cn1. The lowest BCUT2D eigenvalue weighted by molar-refractivity contribution is -0.114. The van der Waals surface area contributed by atoms with Crippen LogP contribution in [0, 0.1) is 5.82 Å². The van der Waals surface area contributed by atoms with Crippen LogP contribution in [0.25, 0.3) is 0 Å². The number of halogens is 1. The molecule has 1 aromatic carbocycles. The molecular formula is C14H15FN4OS. The predicted molar refractivity (Wildman–Crippen MR) is 82.1 cm³/mol. The monoisotopic (exact) mass is 306 g/mol. The van der Waals surface area contributed by atoms with Crippen molar-refractivity contribution in [1.29, 1.82) is 0 Å². The molecular weight excluding hydrogens is 291 g/mol. The number of amides is 1. The van der Waals surface area contributed by atoms with E-state index in [0.717, 1.165) is 23.0 Å². The molecule has 7 heteroatoms. The fraction of sp³-hybridized carbons (Fsp3) is 0.214. The van der Waals surface area contributed by atoms with E-state index in [-0.39, 0.29) is 12.5 Å². The summed E-state index contributed by atoms with van der Waals surface area (Å²) in [4.78, 5) is 22.2. The van der Waals surface area contributed by atoms with E-state index in [1.165, 1.54) is 0 Å². The topological polar surface area (TPSA) is 58.1 Å². The average Bonchev–Trinajstić information content (AvgIpc) is 2.48. The summed E-state index contributed by atoms with van der Waals surface area (Å²) in [5, 5.41) is 2.84. The third kappa shape index (κ3) is 4.16. The van der Waals surface area contributed by atoms with Crippen LogP contribution >= 0.6 is 11.8 Å². The maximum atomic E-state index is 12.8. The molecule has 0 aliphatic heterocycles. The van der Waals surface area contributed by atoms with E-state index in [1.807, 2.05) is 30.5 Å². The first-order valence-corrected chi connectivity index (χ1v) is 7.44. The number of para-hydroxylation sites is 1. The fourth-order valence-corrected chi connectivity index (χ4v) is 2.28. The molecule has 2 aromatic rings. The number of nitrogens with one attached hydrogen (secondary N) is 1. The van der Waals surface area contributed by atoms with Crippen LogP contribution in [0.15, 0.2) is 41.6 Å². The van der Waals surface area contributed by atoms with Gasteiger partial charge in [0.15, 0.2) is 5.82 Å². The van der Waals surface area contributed by atoms with Gasteiger partial charge in [-0.15, -0.1) is 11.8 Å². The number of carbonyl (C=O) groups excluding carboxylic acids is 1. The molecule has 0 spiro atoms. The molecule has 0 bridgehead atoms. The summed E-state index contributed by atoms with van der Waals surface area (Å²) >= 11 is 1.56. The molecule has 2 rings (SSSR count). The molecule has 0 unspecified atom stereocenters. The van der Waals surface area contributed by atoms with Crippen LogP contribution in [0.5, 0.6) is 0 Å². The van der Waals surface area contributed by atoms with Gasteiger partial charge in [0.1, 0.15) is 0 Å². The zero-order chi connectivity index (χ0) is 15.2. The van der Waals surface area contributed by atoms with Gasteiger partial charge in [-0.25, -0.2) is 14.4 Å². The van der Waals surface area contributed by atoms with Crippen LogP contribution in [0.4, 0.5) is 16.0 Å². The molecule has 21 heavy (non-hydrogen) atoms. The highest BCUT2D eigenvalue weighted by Gasteiger charge is 2.11. The van der Waals surface area contributed by atoms with Crippen molar-refractivity contribution < 1.29 is 9.18 Å². The summed E-state index contributed by atoms with van der Waals surface area (Å²) in [6.45, 7) is 0.0777. The molecule has 1 heterocycles. The zero-order valence-electron chi connectivity index (χ0n) is 11.7. The Hall–Kier alpha value is -2.15. The van der Waals surface area contributed by atoms with Gasteiger partial charge in [0.05, 0.1) is 24.6 Å². The van der Waals surface area contributed by atoms with Crippen molar-refractivity contribution in [3.8, 4) is 0 Å². The molecule has 0 fully saturated rings. The Labute approximate surface area is 126 Å². The molecule has 5 nitrogen and oxygen atoms in total. The molecule has 110 valence electrons. The Morgan fingerprint density at radius 2 is 2.00 bits per heavy atom. The second-order valence-corrected chi connectivity index (χ2v) is 5.15. The Kier molecular flexibility index (Phi) is 5.10. The third-order valence-corrected chi connectivity index (χ3v) is 3.51. The van der Waals surface area contributed by atoms with E-state index >= 15 is 0 Å². The molecule has 0 saturated carbocycles. The molecule has 0 radical (unpaired) electrons. The number of likely N-dealkylation sites (N-methyl/N-ethyl adjacent to an activating group) is 1.